The Kier molecular flexibility index (Phi) is 2.18. The van der Waals surface area contributed by atoms with E-state index in [0.717, 1.165) is 17.8 Å². The third-order valence-corrected chi connectivity index (χ3v) is 2.04. The number of aryl methyl sites for hydroxylation is 1. The van der Waals surface area contributed by atoms with Crippen molar-refractivity contribution >= 4 is 0 Å². The van der Waals surface area contributed by atoms with Gasteiger partial charge in [-0.15, -0.1) is 0 Å². The largest absolute Gasteiger partial charge is 0.506 e. The molecule has 0 aromatic carbocycles. The van der Waals surface area contributed by atoms with Crippen LogP contribution in [0.5, 0.6) is 5.75 Å². The highest BCUT2D eigenvalue weighted by molar-refractivity contribution is 5.59. The van der Waals surface area contributed by atoms with Crippen LogP contribution in [0.25, 0.3) is 11.3 Å². The summed E-state index contributed by atoms with van der Waals surface area (Å²) in [5.74, 6) is 0.173. The van der Waals surface area contributed by atoms with Crippen LogP contribution in [-0.2, 0) is 6.54 Å². The van der Waals surface area contributed by atoms with Crippen molar-refractivity contribution in [2.75, 3.05) is 0 Å². The molecule has 72 valence electrons. The van der Waals surface area contributed by atoms with E-state index in [1.807, 2.05) is 17.7 Å². The van der Waals surface area contributed by atoms with Gasteiger partial charge in [0.25, 0.3) is 0 Å². The quantitative estimate of drug-likeness (QED) is 0.781. The molecule has 0 saturated carbocycles. The van der Waals surface area contributed by atoms with E-state index in [1.54, 1.807) is 18.5 Å². The van der Waals surface area contributed by atoms with Crippen molar-refractivity contribution in [2.24, 2.45) is 0 Å². The van der Waals surface area contributed by atoms with Gasteiger partial charge in [0.2, 0.25) is 0 Å². The molecule has 0 bridgehead atoms. The maximum absolute atomic E-state index is 9.28. The molecule has 0 spiro atoms. The molecule has 2 aromatic heterocycles. The SMILES string of the molecule is CCn1nccc1-c1cncc(O)c1. The van der Waals surface area contributed by atoms with E-state index in [-0.39, 0.29) is 5.75 Å². The van der Waals surface area contributed by atoms with Gasteiger partial charge in [-0.1, -0.05) is 0 Å². The van der Waals surface area contributed by atoms with Crippen LogP contribution in [0.4, 0.5) is 0 Å². The molecule has 4 nitrogen and oxygen atoms in total. The molecular formula is C10H11N3O. The number of aromatic nitrogens is 3. The molecule has 0 unspecified atom stereocenters. The number of rotatable bonds is 2. The second kappa shape index (κ2) is 3.49. The minimum absolute atomic E-state index is 0.173. The van der Waals surface area contributed by atoms with Gasteiger partial charge >= 0.3 is 0 Å². The molecular weight excluding hydrogens is 178 g/mol. The van der Waals surface area contributed by atoms with Crippen LogP contribution in [0, 0.1) is 0 Å². The molecule has 14 heavy (non-hydrogen) atoms. The molecule has 1 N–H and O–H groups in total. The summed E-state index contributed by atoms with van der Waals surface area (Å²) in [7, 11) is 0. The fraction of sp³-hybridized carbons (Fsp3) is 0.200. The van der Waals surface area contributed by atoms with Crippen LogP contribution < -0.4 is 0 Å². The maximum atomic E-state index is 9.28. The summed E-state index contributed by atoms with van der Waals surface area (Å²) < 4.78 is 1.86. The molecule has 0 radical (unpaired) electrons. The van der Waals surface area contributed by atoms with Crippen molar-refractivity contribution in [1.29, 1.82) is 0 Å². The number of pyridine rings is 1. The zero-order valence-corrected chi connectivity index (χ0v) is 7.88. The predicted molar refractivity (Wildman–Crippen MR) is 52.8 cm³/mol. The van der Waals surface area contributed by atoms with Gasteiger partial charge in [-0.3, -0.25) is 9.67 Å². The topological polar surface area (TPSA) is 50.9 Å². The Morgan fingerprint density at radius 3 is 3.00 bits per heavy atom. The van der Waals surface area contributed by atoms with Gasteiger partial charge in [0.1, 0.15) is 5.75 Å². The molecule has 2 rings (SSSR count). The number of hydrogen-bond acceptors (Lipinski definition) is 3. The van der Waals surface area contributed by atoms with Crippen LogP contribution in [0.15, 0.2) is 30.7 Å². The van der Waals surface area contributed by atoms with Crippen LogP contribution in [0.3, 0.4) is 0 Å². The van der Waals surface area contributed by atoms with Crippen molar-refractivity contribution < 1.29 is 5.11 Å². The van der Waals surface area contributed by atoms with Crippen LogP contribution in [-0.4, -0.2) is 19.9 Å². The van der Waals surface area contributed by atoms with E-state index in [4.69, 9.17) is 0 Å². The third kappa shape index (κ3) is 1.46. The molecule has 0 fully saturated rings. The second-order valence-corrected chi connectivity index (χ2v) is 2.96. The lowest BCUT2D eigenvalue weighted by atomic mass is 10.2. The van der Waals surface area contributed by atoms with Crippen molar-refractivity contribution in [3.05, 3.63) is 30.7 Å². The molecule has 0 aliphatic heterocycles. The monoisotopic (exact) mass is 189 g/mol. The van der Waals surface area contributed by atoms with Gasteiger partial charge in [0.15, 0.2) is 0 Å². The molecule has 2 heterocycles. The van der Waals surface area contributed by atoms with E-state index in [0.29, 0.717) is 0 Å². The first kappa shape index (κ1) is 8.74. The average molecular weight is 189 g/mol. The van der Waals surface area contributed by atoms with E-state index < -0.39 is 0 Å². The summed E-state index contributed by atoms with van der Waals surface area (Å²) in [6, 6.07) is 3.58. The standard InChI is InChI=1S/C10H11N3O/c1-2-13-10(3-4-12-13)8-5-9(14)7-11-6-8/h3-7,14H,2H2,1H3. The summed E-state index contributed by atoms with van der Waals surface area (Å²) in [5, 5.41) is 13.4. The fourth-order valence-corrected chi connectivity index (χ4v) is 1.40. The third-order valence-electron chi connectivity index (χ3n) is 2.04. The van der Waals surface area contributed by atoms with Gasteiger partial charge in [-0.25, -0.2) is 0 Å². The first-order valence-corrected chi connectivity index (χ1v) is 4.47. The van der Waals surface area contributed by atoms with Gasteiger partial charge in [-0.2, -0.15) is 5.10 Å². The van der Waals surface area contributed by atoms with E-state index in [9.17, 15) is 5.11 Å². The lowest BCUT2D eigenvalue weighted by Crippen LogP contribution is -1.98. The first-order valence-electron chi connectivity index (χ1n) is 4.47. The Labute approximate surface area is 81.8 Å². The second-order valence-electron chi connectivity index (χ2n) is 2.96. The highest BCUT2D eigenvalue weighted by Gasteiger charge is 2.04. The Morgan fingerprint density at radius 2 is 2.29 bits per heavy atom. The van der Waals surface area contributed by atoms with Crippen LogP contribution in [0.2, 0.25) is 0 Å². The zero-order chi connectivity index (χ0) is 9.97. The Bertz CT molecular complexity index is 436. The number of nitrogens with zero attached hydrogens (tertiary/aromatic N) is 3. The number of aromatic hydroxyl groups is 1. The van der Waals surface area contributed by atoms with Gasteiger partial charge < -0.3 is 5.11 Å². The average Bonchev–Trinajstić information content (AvgIpc) is 2.65. The minimum Gasteiger partial charge on any atom is -0.506 e. The lowest BCUT2D eigenvalue weighted by Gasteiger charge is -2.03. The summed E-state index contributed by atoms with van der Waals surface area (Å²) in [6.45, 7) is 2.82. The zero-order valence-electron chi connectivity index (χ0n) is 7.88. The molecule has 0 amide bonds. The van der Waals surface area contributed by atoms with E-state index >= 15 is 0 Å². The molecule has 0 aliphatic carbocycles. The normalized spacial score (nSPS) is 10.4. The Morgan fingerprint density at radius 1 is 1.43 bits per heavy atom. The summed E-state index contributed by atoms with van der Waals surface area (Å²) >= 11 is 0. The number of hydrogen-bond donors (Lipinski definition) is 1. The van der Waals surface area contributed by atoms with Gasteiger partial charge in [-0.05, 0) is 19.1 Å². The Hall–Kier alpha value is -1.84. The van der Waals surface area contributed by atoms with E-state index in [2.05, 4.69) is 10.1 Å². The predicted octanol–water partition coefficient (Wildman–Crippen LogP) is 1.67. The van der Waals surface area contributed by atoms with Crippen molar-refractivity contribution in [1.82, 2.24) is 14.8 Å². The van der Waals surface area contributed by atoms with Crippen molar-refractivity contribution in [3.63, 3.8) is 0 Å². The highest BCUT2D eigenvalue weighted by atomic mass is 16.3. The highest BCUT2D eigenvalue weighted by Crippen LogP contribution is 2.21. The van der Waals surface area contributed by atoms with Crippen LogP contribution in [0.1, 0.15) is 6.92 Å². The molecule has 0 atom stereocenters. The van der Waals surface area contributed by atoms with Crippen molar-refractivity contribution in [3.8, 4) is 17.0 Å². The summed E-state index contributed by atoms with van der Waals surface area (Å²) in [6.07, 6.45) is 4.86. The van der Waals surface area contributed by atoms with Crippen LogP contribution >= 0.6 is 0 Å². The fourth-order valence-electron chi connectivity index (χ4n) is 1.40. The molecule has 0 aliphatic rings. The summed E-state index contributed by atoms with van der Waals surface area (Å²) in [5.41, 5.74) is 1.85. The maximum Gasteiger partial charge on any atom is 0.134 e. The first-order chi connectivity index (χ1) is 6.81. The molecule has 4 heteroatoms. The summed E-state index contributed by atoms with van der Waals surface area (Å²) in [4.78, 5) is 3.92. The van der Waals surface area contributed by atoms with Gasteiger partial charge in [0, 0.05) is 24.5 Å². The minimum atomic E-state index is 0.173. The van der Waals surface area contributed by atoms with E-state index in [1.165, 1.54) is 6.20 Å². The smallest absolute Gasteiger partial charge is 0.134 e. The van der Waals surface area contributed by atoms with Crippen molar-refractivity contribution in [2.45, 2.75) is 13.5 Å². The molecule has 0 saturated heterocycles. The van der Waals surface area contributed by atoms with Gasteiger partial charge in [0.05, 0.1) is 11.9 Å². The molecule has 2 aromatic rings. The lowest BCUT2D eigenvalue weighted by molar-refractivity contribution is 0.473. The Balaban J connectivity index is 2.49.